The van der Waals surface area contributed by atoms with Crippen molar-refractivity contribution in [1.82, 2.24) is 10.2 Å². The molecule has 1 fully saturated rings. The molecule has 3 N–H and O–H groups in total. The van der Waals surface area contributed by atoms with E-state index in [0.29, 0.717) is 13.2 Å². The molecule has 16 heavy (non-hydrogen) atoms. The van der Waals surface area contributed by atoms with Crippen LogP contribution in [-0.2, 0) is 9.53 Å². The summed E-state index contributed by atoms with van der Waals surface area (Å²) in [6, 6.07) is -1.38. The number of nitrogens with one attached hydrogen (secondary N) is 1. The second kappa shape index (κ2) is 5.66. The van der Waals surface area contributed by atoms with E-state index in [2.05, 4.69) is 5.32 Å². The Morgan fingerprint density at radius 1 is 1.62 bits per heavy atom. The first-order valence-electron chi connectivity index (χ1n) is 5.05. The van der Waals surface area contributed by atoms with Gasteiger partial charge in [-0.05, 0) is 6.92 Å². The van der Waals surface area contributed by atoms with Crippen molar-refractivity contribution in [3.05, 3.63) is 0 Å². The SMILES string of the molecule is C[C@@H](NC(=O)N1CCOC(CO)C1)C(=O)O. The van der Waals surface area contributed by atoms with Gasteiger partial charge in [-0.1, -0.05) is 0 Å². The molecule has 0 spiro atoms. The van der Waals surface area contributed by atoms with Crippen LogP contribution in [0.2, 0.25) is 0 Å². The summed E-state index contributed by atoms with van der Waals surface area (Å²) in [6.45, 7) is 2.26. The third-order valence-corrected chi connectivity index (χ3v) is 2.34. The van der Waals surface area contributed by atoms with Gasteiger partial charge in [-0.15, -0.1) is 0 Å². The first kappa shape index (κ1) is 12.7. The molecule has 1 aliphatic heterocycles. The number of aliphatic hydroxyl groups is 1. The number of hydrogen-bond acceptors (Lipinski definition) is 4. The van der Waals surface area contributed by atoms with E-state index in [9.17, 15) is 9.59 Å². The van der Waals surface area contributed by atoms with Gasteiger partial charge in [0.05, 0.1) is 25.9 Å². The largest absolute Gasteiger partial charge is 0.480 e. The fourth-order valence-corrected chi connectivity index (χ4v) is 1.35. The Kier molecular flexibility index (Phi) is 4.51. The molecule has 0 aromatic rings. The molecule has 1 unspecified atom stereocenters. The molecule has 1 aliphatic rings. The minimum atomic E-state index is -1.08. The predicted molar refractivity (Wildman–Crippen MR) is 54.0 cm³/mol. The van der Waals surface area contributed by atoms with Crippen LogP contribution in [0, 0.1) is 0 Å². The number of nitrogens with zero attached hydrogens (tertiary/aromatic N) is 1. The molecule has 0 saturated carbocycles. The molecule has 2 amide bonds. The topological polar surface area (TPSA) is 99.1 Å². The van der Waals surface area contributed by atoms with Crippen molar-refractivity contribution in [2.45, 2.75) is 19.1 Å². The molecule has 0 radical (unpaired) electrons. The summed E-state index contributed by atoms with van der Waals surface area (Å²) in [5, 5.41) is 19.9. The van der Waals surface area contributed by atoms with Crippen LogP contribution < -0.4 is 5.32 Å². The summed E-state index contributed by atoms with van der Waals surface area (Å²) in [5.74, 6) is -1.08. The number of carbonyl (C=O) groups excluding carboxylic acids is 1. The molecule has 7 nitrogen and oxygen atoms in total. The van der Waals surface area contributed by atoms with Gasteiger partial charge in [-0.2, -0.15) is 0 Å². The fraction of sp³-hybridized carbons (Fsp3) is 0.778. The van der Waals surface area contributed by atoms with Gasteiger partial charge in [0.15, 0.2) is 0 Å². The summed E-state index contributed by atoms with van der Waals surface area (Å²) in [6.07, 6.45) is -0.389. The van der Waals surface area contributed by atoms with Crippen molar-refractivity contribution < 1.29 is 24.5 Å². The third-order valence-electron chi connectivity index (χ3n) is 2.34. The molecule has 7 heteroatoms. The fourth-order valence-electron chi connectivity index (χ4n) is 1.35. The number of urea groups is 1. The number of amides is 2. The molecular formula is C9H16N2O5. The highest BCUT2D eigenvalue weighted by Crippen LogP contribution is 2.04. The number of carboxylic acid groups (broad SMARTS) is 1. The van der Waals surface area contributed by atoms with Crippen LogP contribution in [0.15, 0.2) is 0 Å². The summed E-state index contributed by atoms with van der Waals surface area (Å²) < 4.78 is 5.17. The zero-order valence-electron chi connectivity index (χ0n) is 9.05. The van der Waals surface area contributed by atoms with E-state index in [4.69, 9.17) is 14.9 Å². The number of rotatable bonds is 3. The van der Waals surface area contributed by atoms with Crippen LogP contribution in [0.3, 0.4) is 0 Å². The smallest absolute Gasteiger partial charge is 0.325 e. The number of aliphatic carboxylic acids is 1. The van der Waals surface area contributed by atoms with Gasteiger partial charge >= 0.3 is 12.0 Å². The maximum atomic E-state index is 11.6. The molecule has 0 aromatic heterocycles. The van der Waals surface area contributed by atoms with Crippen LogP contribution in [0.5, 0.6) is 0 Å². The van der Waals surface area contributed by atoms with E-state index < -0.39 is 18.0 Å². The molecule has 0 aliphatic carbocycles. The van der Waals surface area contributed by atoms with Gasteiger partial charge in [0.1, 0.15) is 6.04 Å². The monoisotopic (exact) mass is 232 g/mol. The molecule has 1 saturated heterocycles. The van der Waals surface area contributed by atoms with Crippen LogP contribution in [0.1, 0.15) is 6.92 Å². The molecule has 0 aromatic carbocycles. The second-order valence-corrected chi connectivity index (χ2v) is 3.63. The Morgan fingerprint density at radius 2 is 2.31 bits per heavy atom. The Balaban J connectivity index is 2.44. The van der Waals surface area contributed by atoms with E-state index >= 15 is 0 Å². The van der Waals surface area contributed by atoms with E-state index in [0.717, 1.165) is 0 Å². The highest BCUT2D eigenvalue weighted by molar-refractivity contribution is 5.82. The minimum absolute atomic E-state index is 0.154. The number of carboxylic acids is 1. The number of morpholine rings is 1. The van der Waals surface area contributed by atoms with Crippen molar-refractivity contribution >= 4 is 12.0 Å². The number of ether oxygens (including phenoxy) is 1. The van der Waals surface area contributed by atoms with Gasteiger partial charge in [-0.25, -0.2) is 4.79 Å². The van der Waals surface area contributed by atoms with Gasteiger partial charge in [0.25, 0.3) is 0 Å². The van der Waals surface area contributed by atoms with E-state index in [-0.39, 0.29) is 19.3 Å². The van der Waals surface area contributed by atoms with Crippen molar-refractivity contribution in [2.75, 3.05) is 26.3 Å². The maximum absolute atomic E-state index is 11.6. The van der Waals surface area contributed by atoms with Crippen LogP contribution in [0.25, 0.3) is 0 Å². The van der Waals surface area contributed by atoms with Crippen molar-refractivity contribution in [3.8, 4) is 0 Å². The van der Waals surface area contributed by atoms with Crippen LogP contribution >= 0.6 is 0 Å². The van der Waals surface area contributed by atoms with Gasteiger partial charge in [0.2, 0.25) is 0 Å². The molecular weight excluding hydrogens is 216 g/mol. The zero-order chi connectivity index (χ0) is 12.1. The van der Waals surface area contributed by atoms with Crippen LogP contribution in [-0.4, -0.2) is 65.6 Å². The quantitative estimate of drug-likeness (QED) is 0.571. The average Bonchev–Trinajstić information content (AvgIpc) is 2.28. The maximum Gasteiger partial charge on any atom is 0.325 e. The summed E-state index contributed by atoms with van der Waals surface area (Å²) in [4.78, 5) is 23.6. The summed E-state index contributed by atoms with van der Waals surface area (Å²) >= 11 is 0. The lowest BCUT2D eigenvalue weighted by molar-refractivity contribution is -0.138. The molecule has 1 rings (SSSR count). The second-order valence-electron chi connectivity index (χ2n) is 3.63. The lowest BCUT2D eigenvalue weighted by Gasteiger charge is -2.32. The summed E-state index contributed by atoms with van der Waals surface area (Å²) in [5.41, 5.74) is 0. The number of hydrogen-bond donors (Lipinski definition) is 3. The molecule has 2 atom stereocenters. The van der Waals surface area contributed by atoms with E-state index in [1.165, 1.54) is 11.8 Å². The number of carbonyl (C=O) groups is 2. The lowest BCUT2D eigenvalue weighted by atomic mass is 10.3. The lowest BCUT2D eigenvalue weighted by Crippen LogP contribution is -2.53. The average molecular weight is 232 g/mol. The van der Waals surface area contributed by atoms with Gasteiger partial charge in [0, 0.05) is 6.54 Å². The van der Waals surface area contributed by atoms with Crippen molar-refractivity contribution in [2.24, 2.45) is 0 Å². The normalized spacial score (nSPS) is 22.6. The first-order chi connectivity index (χ1) is 7.54. The third kappa shape index (κ3) is 3.35. The highest BCUT2D eigenvalue weighted by Gasteiger charge is 2.25. The number of aliphatic hydroxyl groups excluding tert-OH is 1. The van der Waals surface area contributed by atoms with Gasteiger partial charge in [-0.3, -0.25) is 4.79 Å². The van der Waals surface area contributed by atoms with Crippen molar-refractivity contribution in [1.29, 1.82) is 0 Å². The van der Waals surface area contributed by atoms with Crippen molar-refractivity contribution in [3.63, 3.8) is 0 Å². The van der Waals surface area contributed by atoms with E-state index in [1.807, 2.05) is 0 Å². The Morgan fingerprint density at radius 3 is 2.88 bits per heavy atom. The van der Waals surface area contributed by atoms with E-state index in [1.54, 1.807) is 0 Å². The Bertz CT molecular complexity index is 271. The zero-order valence-corrected chi connectivity index (χ0v) is 9.05. The highest BCUT2D eigenvalue weighted by atomic mass is 16.5. The Labute approximate surface area is 93.0 Å². The van der Waals surface area contributed by atoms with Crippen LogP contribution in [0.4, 0.5) is 4.79 Å². The standard InChI is InChI=1S/C9H16N2O5/c1-6(8(13)14)10-9(15)11-2-3-16-7(4-11)5-12/h6-7,12H,2-5H2,1H3,(H,10,15)(H,13,14)/t6-,7?/m1/s1. The predicted octanol–water partition coefficient (Wildman–Crippen LogP) is -1.14. The Hall–Kier alpha value is -1.34. The minimum Gasteiger partial charge on any atom is -0.480 e. The molecule has 0 bridgehead atoms. The first-order valence-corrected chi connectivity index (χ1v) is 5.05. The molecule has 92 valence electrons. The summed E-state index contributed by atoms with van der Waals surface area (Å²) in [7, 11) is 0. The molecule has 1 heterocycles. The van der Waals surface area contributed by atoms with Gasteiger partial charge < -0.3 is 25.2 Å².